The molecule has 15 heavy (non-hydrogen) atoms. The number of nitrogen functional groups attached to an aromatic ring is 1. The average Bonchev–Trinajstić information content (AvgIpc) is 2.65. The molecule has 2 heterocycles. The minimum Gasteiger partial charge on any atom is -0.494 e. The highest BCUT2D eigenvalue weighted by molar-refractivity contribution is 7.09. The molecule has 0 aromatic carbocycles. The summed E-state index contributed by atoms with van der Waals surface area (Å²) in [6.45, 7) is 0. The fraction of sp³-hybridized carbons (Fsp3) is 0.125. The standard InChI is InChI=1S/C8H7ClN4OS/c1-14-5-3-2-4(11-6(5)9)7-12-8(10)15-13-7/h2-3H,1H3,(H2,10,12,13). The highest BCUT2D eigenvalue weighted by atomic mass is 35.5. The zero-order chi connectivity index (χ0) is 10.8. The van der Waals surface area contributed by atoms with E-state index < -0.39 is 0 Å². The molecule has 0 aliphatic rings. The number of ether oxygens (including phenoxy) is 1. The van der Waals surface area contributed by atoms with Crippen LogP contribution in [0.25, 0.3) is 11.5 Å². The molecule has 0 saturated heterocycles. The van der Waals surface area contributed by atoms with Crippen LogP contribution in [-0.2, 0) is 0 Å². The second kappa shape index (κ2) is 4.00. The molecule has 5 nitrogen and oxygen atoms in total. The zero-order valence-corrected chi connectivity index (χ0v) is 9.34. The van der Waals surface area contributed by atoms with Crippen LogP contribution in [0.3, 0.4) is 0 Å². The molecule has 2 N–H and O–H groups in total. The van der Waals surface area contributed by atoms with Crippen molar-refractivity contribution in [3.63, 3.8) is 0 Å². The summed E-state index contributed by atoms with van der Waals surface area (Å²) in [7, 11) is 1.53. The van der Waals surface area contributed by atoms with E-state index in [0.29, 0.717) is 22.4 Å². The Bertz CT molecular complexity index is 487. The molecule has 2 aromatic rings. The van der Waals surface area contributed by atoms with Crippen molar-refractivity contribution in [2.45, 2.75) is 0 Å². The van der Waals surface area contributed by atoms with Crippen molar-refractivity contribution in [2.24, 2.45) is 0 Å². The van der Waals surface area contributed by atoms with Crippen LogP contribution in [0.15, 0.2) is 12.1 Å². The van der Waals surface area contributed by atoms with Crippen LogP contribution in [-0.4, -0.2) is 21.5 Å². The third-order valence-electron chi connectivity index (χ3n) is 1.71. The molecule has 2 rings (SSSR count). The molecule has 0 saturated carbocycles. The SMILES string of the molecule is COc1ccc(-c2nsc(N)n2)nc1Cl. The van der Waals surface area contributed by atoms with Crippen LogP contribution in [0.5, 0.6) is 5.75 Å². The van der Waals surface area contributed by atoms with Crippen molar-refractivity contribution >= 4 is 28.3 Å². The molecule has 7 heteroatoms. The van der Waals surface area contributed by atoms with Gasteiger partial charge in [-0.15, -0.1) is 0 Å². The van der Waals surface area contributed by atoms with E-state index >= 15 is 0 Å². The fourth-order valence-electron chi connectivity index (χ4n) is 1.04. The molecule has 2 aromatic heterocycles. The largest absolute Gasteiger partial charge is 0.494 e. The normalized spacial score (nSPS) is 10.3. The predicted octanol–water partition coefficient (Wildman–Crippen LogP) is 1.84. The monoisotopic (exact) mass is 242 g/mol. The van der Waals surface area contributed by atoms with E-state index in [0.717, 1.165) is 11.5 Å². The Kier molecular flexibility index (Phi) is 2.70. The third kappa shape index (κ3) is 2.00. The van der Waals surface area contributed by atoms with Gasteiger partial charge in [0.1, 0.15) is 5.69 Å². The van der Waals surface area contributed by atoms with Gasteiger partial charge in [0.05, 0.1) is 7.11 Å². The van der Waals surface area contributed by atoms with Crippen molar-refractivity contribution < 1.29 is 4.74 Å². The lowest BCUT2D eigenvalue weighted by Gasteiger charge is -2.02. The van der Waals surface area contributed by atoms with Gasteiger partial charge < -0.3 is 10.5 Å². The summed E-state index contributed by atoms with van der Waals surface area (Å²) < 4.78 is 9.01. The van der Waals surface area contributed by atoms with Gasteiger partial charge in [-0.05, 0) is 12.1 Å². The summed E-state index contributed by atoms with van der Waals surface area (Å²) in [4.78, 5) is 8.09. The molecule has 0 bridgehead atoms. The van der Waals surface area contributed by atoms with Gasteiger partial charge in [0.2, 0.25) is 0 Å². The summed E-state index contributed by atoms with van der Waals surface area (Å²) in [5.41, 5.74) is 6.05. The van der Waals surface area contributed by atoms with Crippen molar-refractivity contribution in [2.75, 3.05) is 12.8 Å². The molecule has 0 radical (unpaired) electrons. The van der Waals surface area contributed by atoms with Gasteiger partial charge in [0.15, 0.2) is 21.9 Å². The number of hydrogen-bond acceptors (Lipinski definition) is 6. The van der Waals surface area contributed by atoms with Crippen LogP contribution >= 0.6 is 23.1 Å². The van der Waals surface area contributed by atoms with Crippen molar-refractivity contribution in [1.29, 1.82) is 0 Å². The van der Waals surface area contributed by atoms with Gasteiger partial charge in [-0.3, -0.25) is 0 Å². The van der Waals surface area contributed by atoms with Crippen LogP contribution in [0.4, 0.5) is 5.13 Å². The molecule has 0 aliphatic carbocycles. The van der Waals surface area contributed by atoms with Gasteiger partial charge in [0.25, 0.3) is 0 Å². The first kappa shape index (κ1) is 10.1. The quantitative estimate of drug-likeness (QED) is 0.814. The molecule has 0 spiro atoms. The summed E-state index contributed by atoms with van der Waals surface area (Å²) in [5, 5.41) is 0.683. The minimum atomic E-state index is 0.281. The Morgan fingerprint density at radius 2 is 2.20 bits per heavy atom. The van der Waals surface area contributed by atoms with E-state index in [2.05, 4.69) is 14.3 Å². The van der Waals surface area contributed by atoms with E-state index in [1.165, 1.54) is 7.11 Å². The third-order valence-corrected chi connectivity index (χ3v) is 2.52. The minimum absolute atomic E-state index is 0.281. The lowest BCUT2D eigenvalue weighted by Crippen LogP contribution is -1.91. The van der Waals surface area contributed by atoms with Crippen molar-refractivity contribution in [3.8, 4) is 17.3 Å². The van der Waals surface area contributed by atoms with Crippen LogP contribution in [0.1, 0.15) is 0 Å². The average molecular weight is 243 g/mol. The smallest absolute Gasteiger partial charge is 0.200 e. The number of hydrogen-bond donors (Lipinski definition) is 1. The first-order valence-electron chi connectivity index (χ1n) is 4.01. The lowest BCUT2D eigenvalue weighted by molar-refractivity contribution is 0.413. The number of nitrogens with zero attached hydrogens (tertiary/aromatic N) is 3. The molecule has 78 valence electrons. The molecular formula is C8H7ClN4OS. The van der Waals surface area contributed by atoms with E-state index in [1.54, 1.807) is 12.1 Å². The predicted molar refractivity (Wildman–Crippen MR) is 59.1 cm³/mol. The second-order valence-electron chi connectivity index (χ2n) is 2.65. The van der Waals surface area contributed by atoms with Crippen molar-refractivity contribution in [1.82, 2.24) is 14.3 Å². The maximum atomic E-state index is 5.87. The molecule has 0 amide bonds. The summed E-state index contributed by atoms with van der Waals surface area (Å²) >= 11 is 6.98. The van der Waals surface area contributed by atoms with Gasteiger partial charge in [-0.25, -0.2) is 4.98 Å². The second-order valence-corrected chi connectivity index (χ2v) is 3.79. The molecule has 0 unspecified atom stereocenters. The Morgan fingerprint density at radius 3 is 2.73 bits per heavy atom. The number of pyridine rings is 1. The van der Waals surface area contributed by atoms with E-state index in [4.69, 9.17) is 22.1 Å². The number of methoxy groups -OCH3 is 1. The fourth-order valence-corrected chi connectivity index (χ4v) is 1.71. The number of anilines is 1. The van der Waals surface area contributed by atoms with Crippen LogP contribution in [0.2, 0.25) is 5.15 Å². The van der Waals surface area contributed by atoms with Crippen molar-refractivity contribution in [3.05, 3.63) is 17.3 Å². The number of aromatic nitrogens is 3. The first-order chi connectivity index (χ1) is 7.20. The number of nitrogens with two attached hydrogens (primary N) is 1. The number of halogens is 1. The maximum absolute atomic E-state index is 5.87. The Hall–Kier alpha value is -1.40. The van der Waals surface area contributed by atoms with E-state index in [9.17, 15) is 0 Å². The Balaban J connectivity index is 2.42. The Morgan fingerprint density at radius 1 is 1.40 bits per heavy atom. The molecule has 0 fully saturated rings. The van der Waals surface area contributed by atoms with Crippen LogP contribution < -0.4 is 10.5 Å². The molecule has 0 aliphatic heterocycles. The number of rotatable bonds is 2. The van der Waals surface area contributed by atoms with Gasteiger partial charge in [-0.1, -0.05) is 11.6 Å². The van der Waals surface area contributed by atoms with Gasteiger partial charge >= 0.3 is 0 Å². The van der Waals surface area contributed by atoms with Crippen LogP contribution in [0, 0.1) is 0 Å². The maximum Gasteiger partial charge on any atom is 0.200 e. The zero-order valence-electron chi connectivity index (χ0n) is 7.77. The lowest BCUT2D eigenvalue weighted by atomic mass is 10.3. The van der Waals surface area contributed by atoms with E-state index in [-0.39, 0.29) is 5.15 Å². The van der Waals surface area contributed by atoms with Gasteiger partial charge in [0, 0.05) is 11.5 Å². The van der Waals surface area contributed by atoms with Gasteiger partial charge in [-0.2, -0.15) is 9.36 Å². The van der Waals surface area contributed by atoms with E-state index in [1.807, 2.05) is 0 Å². The summed E-state index contributed by atoms with van der Waals surface area (Å²) in [6, 6.07) is 3.44. The Labute approximate surface area is 95.1 Å². The molecular weight excluding hydrogens is 236 g/mol. The first-order valence-corrected chi connectivity index (χ1v) is 5.16. The highest BCUT2D eigenvalue weighted by Gasteiger charge is 2.09. The molecule has 0 atom stereocenters. The summed E-state index contributed by atoms with van der Waals surface area (Å²) in [5.74, 6) is 0.991. The highest BCUT2D eigenvalue weighted by Crippen LogP contribution is 2.25. The summed E-state index contributed by atoms with van der Waals surface area (Å²) in [6.07, 6.45) is 0. The topological polar surface area (TPSA) is 73.9 Å².